The first-order valence-electron chi connectivity index (χ1n) is 8.95. The van der Waals surface area contributed by atoms with Gasteiger partial charge in [-0.3, -0.25) is 0 Å². The number of aromatic carboxylic acids is 1. The van der Waals surface area contributed by atoms with Gasteiger partial charge in [0.1, 0.15) is 11.4 Å². The highest BCUT2D eigenvalue weighted by atomic mass is 16.4. The second-order valence-electron chi connectivity index (χ2n) is 7.67. The van der Waals surface area contributed by atoms with Crippen molar-refractivity contribution >= 4 is 17.3 Å². The maximum Gasteiger partial charge on any atom is 0.335 e. The van der Waals surface area contributed by atoms with Gasteiger partial charge in [0.05, 0.1) is 16.9 Å². The van der Waals surface area contributed by atoms with Gasteiger partial charge in [0.25, 0.3) is 0 Å². The van der Waals surface area contributed by atoms with Crippen LogP contribution >= 0.6 is 0 Å². The summed E-state index contributed by atoms with van der Waals surface area (Å²) >= 11 is 0. The highest BCUT2D eigenvalue weighted by Crippen LogP contribution is 2.36. The fourth-order valence-corrected chi connectivity index (χ4v) is 2.75. The number of benzene rings is 2. The smallest absolute Gasteiger partial charge is 0.335 e. The van der Waals surface area contributed by atoms with E-state index in [1.807, 2.05) is 24.3 Å². The van der Waals surface area contributed by atoms with E-state index >= 15 is 0 Å². The first-order valence-corrected chi connectivity index (χ1v) is 8.95. The molecule has 0 amide bonds. The van der Waals surface area contributed by atoms with Crippen molar-refractivity contribution in [1.82, 2.24) is 9.78 Å². The summed E-state index contributed by atoms with van der Waals surface area (Å²) in [5.74, 6) is -1.66. The van der Waals surface area contributed by atoms with Crippen molar-refractivity contribution in [2.24, 2.45) is 10.2 Å². The van der Waals surface area contributed by atoms with Gasteiger partial charge in [0.2, 0.25) is 5.88 Å². The number of aromatic nitrogens is 2. The van der Waals surface area contributed by atoms with Gasteiger partial charge in [-0.1, -0.05) is 32.9 Å². The van der Waals surface area contributed by atoms with Gasteiger partial charge >= 0.3 is 5.97 Å². The van der Waals surface area contributed by atoms with Crippen LogP contribution < -0.4 is 0 Å². The van der Waals surface area contributed by atoms with Crippen LogP contribution in [0.2, 0.25) is 0 Å². The summed E-state index contributed by atoms with van der Waals surface area (Å²) in [5.41, 5.74) is 2.47. The van der Waals surface area contributed by atoms with Crippen LogP contribution in [0.15, 0.2) is 52.7 Å². The van der Waals surface area contributed by atoms with Crippen LogP contribution in [0.3, 0.4) is 0 Å². The highest BCUT2D eigenvalue weighted by molar-refractivity contribution is 5.88. The molecule has 0 bridgehead atoms. The molecular formula is C21H22N4O4. The van der Waals surface area contributed by atoms with Gasteiger partial charge in [0, 0.05) is 0 Å². The maximum absolute atomic E-state index is 10.9. The van der Waals surface area contributed by atoms with Crippen molar-refractivity contribution in [3.05, 3.63) is 59.3 Å². The number of carbonyl (C=O) groups is 1. The molecule has 3 N–H and O–H groups in total. The predicted octanol–water partition coefficient (Wildman–Crippen LogP) is 5.00. The van der Waals surface area contributed by atoms with Crippen LogP contribution in [0.25, 0.3) is 5.69 Å². The number of phenolic OH excluding ortho intramolecular Hbond substituents is 1. The maximum atomic E-state index is 10.9. The van der Waals surface area contributed by atoms with Gasteiger partial charge in [-0.15, -0.1) is 10.2 Å². The largest absolute Gasteiger partial charge is 0.506 e. The minimum atomic E-state index is -1.16. The molecule has 1 heterocycles. The number of aryl methyl sites for hydroxylation is 1. The van der Waals surface area contributed by atoms with Crippen LogP contribution in [0.1, 0.15) is 42.4 Å². The molecule has 8 nitrogen and oxygen atoms in total. The molecule has 0 fully saturated rings. The fourth-order valence-electron chi connectivity index (χ4n) is 2.75. The number of carboxylic acids is 1. The molecule has 3 aromatic rings. The molecule has 0 aliphatic carbocycles. The fraction of sp³-hybridized carbons (Fsp3) is 0.238. The van der Waals surface area contributed by atoms with Gasteiger partial charge in [-0.05, 0) is 48.2 Å². The number of rotatable bonds is 4. The van der Waals surface area contributed by atoms with Crippen LogP contribution in [-0.2, 0) is 5.41 Å². The molecule has 1 aromatic heterocycles. The van der Waals surface area contributed by atoms with Crippen molar-refractivity contribution in [2.75, 3.05) is 0 Å². The van der Waals surface area contributed by atoms with E-state index in [0.29, 0.717) is 11.4 Å². The lowest BCUT2D eigenvalue weighted by molar-refractivity contribution is 0.0696. The SMILES string of the molecule is Cc1nn(-c2ccc(C(C)(C)C)cc2)c(O)c1/N=N/c1ccc(C(=O)O)cc1O. The molecule has 0 saturated carbocycles. The Bertz CT molecular complexity index is 1090. The van der Waals surface area contributed by atoms with Crippen LogP contribution in [0.5, 0.6) is 11.6 Å². The van der Waals surface area contributed by atoms with E-state index in [2.05, 4.69) is 36.1 Å². The third kappa shape index (κ3) is 4.11. The lowest BCUT2D eigenvalue weighted by Crippen LogP contribution is -2.10. The average Bonchev–Trinajstić information content (AvgIpc) is 2.94. The molecule has 8 heteroatoms. The summed E-state index contributed by atoms with van der Waals surface area (Å²) in [6.45, 7) is 8.04. The number of carboxylic acid groups (broad SMARTS) is 1. The average molecular weight is 394 g/mol. The molecular weight excluding hydrogens is 372 g/mol. The second-order valence-corrected chi connectivity index (χ2v) is 7.67. The minimum absolute atomic E-state index is 0.0121. The number of hydrogen-bond donors (Lipinski definition) is 3. The zero-order valence-electron chi connectivity index (χ0n) is 16.6. The summed E-state index contributed by atoms with van der Waals surface area (Å²) in [4.78, 5) is 10.9. The molecule has 0 atom stereocenters. The molecule has 0 radical (unpaired) electrons. The van der Waals surface area contributed by atoms with Gasteiger partial charge in [-0.2, -0.15) is 9.78 Å². The Morgan fingerprint density at radius 1 is 1.03 bits per heavy atom. The monoisotopic (exact) mass is 394 g/mol. The predicted molar refractivity (Wildman–Crippen MR) is 108 cm³/mol. The Morgan fingerprint density at radius 2 is 1.69 bits per heavy atom. The molecule has 29 heavy (non-hydrogen) atoms. The molecule has 150 valence electrons. The van der Waals surface area contributed by atoms with E-state index in [4.69, 9.17) is 5.11 Å². The number of aromatic hydroxyl groups is 2. The van der Waals surface area contributed by atoms with Crippen molar-refractivity contribution in [3.8, 4) is 17.3 Å². The zero-order valence-corrected chi connectivity index (χ0v) is 16.6. The van der Waals surface area contributed by atoms with E-state index < -0.39 is 5.97 Å². The van der Waals surface area contributed by atoms with E-state index in [0.717, 1.165) is 11.6 Å². The minimum Gasteiger partial charge on any atom is -0.506 e. The summed E-state index contributed by atoms with van der Waals surface area (Å²) in [5, 5.41) is 41.7. The second kappa shape index (κ2) is 7.38. The third-order valence-corrected chi connectivity index (χ3v) is 4.46. The topological polar surface area (TPSA) is 120 Å². The summed E-state index contributed by atoms with van der Waals surface area (Å²) in [6, 6.07) is 11.4. The normalized spacial score (nSPS) is 11.9. The molecule has 0 aliphatic heterocycles. The van der Waals surface area contributed by atoms with Crippen molar-refractivity contribution < 1.29 is 20.1 Å². The Balaban J connectivity index is 1.92. The molecule has 0 spiro atoms. The van der Waals surface area contributed by atoms with Gasteiger partial charge < -0.3 is 15.3 Å². The standard InChI is InChI=1S/C21H22N4O4/c1-12-18(23-22-16-10-5-13(20(28)29)11-17(16)26)19(27)25(24-12)15-8-6-14(7-9-15)21(2,3)4/h5-11,26-27H,1-4H3,(H,28,29)/b23-22+. The van der Waals surface area contributed by atoms with Crippen LogP contribution in [-0.4, -0.2) is 31.1 Å². The number of azo groups is 1. The number of hydrogen-bond acceptors (Lipinski definition) is 6. The molecule has 2 aromatic carbocycles. The Hall–Kier alpha value is -3.68. The van der Waals surface area contributed by atoms with E-state index in [1.165, 1.54) is 16.8 Å². The van der Waals surface area contributed by atoms with Crippen molar-refractivity contribution in [1.29, 1.82) is 0 Å². The zero-order chi connectivity index (χ0) is 21.3. The van der Waals surface area contributed by atoms with E-state index in [1.54, 1.807) is 6.92 Å². The van der Waals surface area contributed by atoms with Crippen molar-refractivity contribution in [3.63, 3.8) is 0 Å². The third-order valence-electron chi connectivity index (χ3n) is 4.46. The van der Waals surface area contributed by atoms with Crippen LogP contribution in [0.4, 0.5) is 11.4 Å². The first kappa shape index (κ1) is 20.1. The Labute approximate surface area is 167 Å². The van der Waals surface area contributed by atoms with E-state index in [-0.39, 0.29) is 34.0 Å². The number of phenols is 1. The molecule has 0 aliphatic rings. The lowest BCUT2D eigenvalue weighted by atomic mass is 9.87. The van der Waals surface area contributed by atoms with Crippen molar-refractivity contribution in [2.45, 2.75) is 33.1 Å². The van der Waals surface area contributed by atoms with E-state index in [9.17, 15) is 15.0 Å². The summed E-state index contributed by atoms with van der Waals surface area (Å²) < 4.78 is 1.36. The first-order chi connectivity index (χ1) is 13.6. The number of nitrogens with zero attached hydrogens (tertiary/aromatic N) is 4. The Kier molecular flexibility index (Phi) is 5.11. The van der Waals surface area contributed by atoms with Gasteiger partial charge in [-0.25, -0.2) is 4.79 Å². The lowest BCUT2D eigenvalue weighted by Gasteiger charge is -2.19. The van der Waals surface area contributed by atoms with Gasteiger partial charge in [0.15, 0.2) is 5.69 Å². The summed E-state index contributed by atoms with van der Waals surface area (Å²) in [7, 11) is 0. The molecule has 3 rings (SSSR count). The Morgan fingerprint density at radius 3 is 2.24 bits per heavy atom. The molecule has 0 saturated heterocycles. The molecule has 0 unspecified atom stereocenters. The summed E-state index contributed by atoms with van der Waals surface area (Å²) in [6.07, 6.45) is 0. The van der Waals surface area contributed by atoms with Crippen LogP contribution in [0, 0.1) is 6.92 Å². The quantitative estimate of drug-likeness (QED) is 0.538. The highest BCUT2D eigenvalue weighted by Gasteiger charge is 2.18.